The topological polar surface area (TPSA) is 57.5 Å². The molecule has 0 heterocycles. The maximum atomic E-state index is 13.0. The van der Waals surface area contributed by atoms with Gasteiger partial charge in [-0.1, -0.05) is 25.8 Å². The zero-order valence-corrected chi connectivity index (χ0v) is 11.3. The molecule has 1 aromatic rings. The smallest absolute Gasteiger partial charge is 0.416 e. The molecule has 2 unspecified atom stereocenters. The molecule has 0 spiro atoms. The van der Waals surface area contributed by atoms with Crippen molar-refractivity contribution in [1.82, 2.24) is 0 Å². The molecule has 1 aromatic carbocycles. The summed E-state index contributed by atoms with van der Waals surface area (Å²) in [6.07, 6.45) is -5.57. The van der Waals surface area contributed by atoms with Crippen LogP contribution in [0.2, 0.25) is 0 Å². The van der Waals surface area contributed by atoms with Crippen LogP contribution in [0.5, 0.6) is 0 Å². The Bertz CT molecular complexity index is 499. The Hall–Kier alpha value is -1.63. The van der Waals surface area contributed by atoms with E-state index in [-0.39, 0.29) is 12.5 Å². The van der Waals surface area contributed by atoms with Crippen LogP contribution in [0, 0.1) is 11.7 Å². The van der Waals surface area contributed by atoms with E-state index in [1.54, 1.807) is 6.92 Å². The van der Waals surface area contributed by atoms with Crippen molar-refractivity contribution in [2.45, 2.75) is 38.5 Å². The summed E-state index contributed by atoms with van der Waals surface area (Å²) in [4.78, 5) is 11.1. The van der Waals surface area contributed by atoms with Gasteiger partial charge >= 0.3 is 12.1 Å². The maximum absolute atomic E-state index is 13.0. The van der Waals surface area contributed by atoms with Crippen LogP contribution in [0.4, 0.5) is 17.6 Å². The lowest BCUT2D eigenvalue weighted by Gasteiger charge is -2.22. The fraction of sp³-hybridized carbons (Fsp3) is 0.500. The molecule has 0 saturated heterocycles. The Morgan fingerprint density at radius 3 is 2.43 bits per heavy atom. The number of aliphatic carboxylic acids is 1. The minimum Gasteiger partial charge on any atom is -0.481 e. The van der Waals surface area contributed by atoms with Gasteiger partial charge < -0.3 is 10.2 Å². The average molecular weight is 308 g/mol. The molecule has 0 aliphatic heterocycles. The van der Waals surface area contributed by atoms with Crippen LogP contribution in [-0.4, -0.2) is 16.2 Å². The molecular weight excluding hydrogens is 292 g/mol. The van der Waals surface area contributed by atoms with Gasteiger partial charge in [0.2, 0.25) is 0 Å². The number of aliphatic hydroxyl groups is 1. The van der Waals surface area contributed by atoms with Gasteiger partial charge in [0.25, 0.3) is 0 Å². The number of rotatable bonds is 6. The van der Waals surface area contributed by atoms with Crippen molar-refractivity contribution < 1.29 is 32.6 Å². The minimum atomic E-state index is -4.87. The second kappa shape index (κ2) is 6.89. The van der Waals surface area contributed by atoms with E-state index in [0.717, 1.165) is 12.1 Å². The van der Waals surface area contributed by atoms with Crippen molar-refractivity contribution >= 4 is 5.97 Å². The Morgan fingerprint density at radius 2 is 1.95 bits per heavy atom. The lowest BCUT2D eigenvalue weighted by molar-refractivity contribution is -0.149. The first-order valence-electron chi connectivity index (χ1n) is 6.46. The number of hydrogen-bond acceptors (Lipinski definition) is 2. The summed E-state index contributed by atoms with van der Waals surface area (Å²) in [6, 6.07) is 1.81. The van der Waals surface area contributed by atoms with Crippen LogP contribution in [0.15, 0.2) is 18.2 Å². The van der Waals surface area contributed by atoms with Crippen LogP contribution >= 0.6 is 0 Å². The van der Waals surface area contributed by atoms with Crippen molar-refractivity contribution in [3.8, 4) is 0 Å². The molecule has 0 radical (unpaired) electrons. The van der Waals surface area contributed by atoms with E-state index in [4.69, 9.17) is 5.11 Å². The predicted octanol–water partition coefficient (Wildman–Crippen LogP) is 3.77. The number of hydrogen-bond donors (Lipinski definition) is 2. The van der Waals surface area contributed by atoms with E-state index in [1.165, 1.54) is 0 Å². The quantitative estimate of drug-likeness (QED) is 0.787. The van der Waals surface area contributed by atoms with E-state index in [0.29, 0.717) is 12.8 Å². The fourth-order valence-corrected chi connectivity index (χ4v) is 2.09. The van der Waals surface area contributed by atoms with Gasteiger partial charge in [-0.3, -0.25) is 4.79 Å². The zero-order valence-electron chi connectivity index (χ0n) is 11.3. The summed E-state index contributed by atoms with van der Waals surface area (Å²) < 4.78 is 51.6. The maximum Gasteiger partial charge on any atom is 0.416 e. The monoisotopic (exact) mass is 308 g/mol. The molecule has 2 atom stereocenters. The molecule has 2 N–H and O–H groups in total. The van der Waals surface area contributed by atoms with Crippen LogP contribution < -0.4 is 0 Å². The number of carbonyl (C=O) groups is 1. The lowest BCUT2D eigenvalue weighted by Crippen LogP contribution is -2.24. The molecule has 21 heavy (non-hydrogen) atoms. The van der Waals surface area contributed by atoms with Gasteiger partial charge in [-0.2, -0.15) is 13.2 Å². The highest BCUT2D eigenvalue weighted by Crippen LogP contribution is 2.38. The molecule has 0 aromatic heterocycles. The third-order valence-electron chi connectivity index (χ3n) is 3.21. The minimum absolute atomic E-state index is 0.0433. The third-order valence-corrected chi connectivity index (χ3v) is 3.21. The molecule has 1 rings (SSSR count). The average Bonchev–Trinajstić information content (AvgIpc) is 2.37. The van der Waals surface area contributed by atoms with E-state index in [1.807, 2.05) is 0 Å². The van der Waals surface area contributed by atoms with E-state index >= 15 is 0 Å². The van der Waals surface area contributed by atoms with Gasteiger partial charge in [0, 0.05) is 0 Å². The summed E-state index contributed by atoms with van der Waals surface area (Å²) >= 11 is 0. The largest absolute Gasteiger partial charge is 0.481 e. The SMILES string of the molecule is CCCCC(C(=O)O)C(O)c1ccc(F)cc1C(F)(F)F. The Kier molecular flexibility index (Phi) is 5.71. The van der Waals surface area contributed by atoms with Gasteiger partial charge in [0.1, 0.15) is 5.82 Å². The molecule has 3 nitrogen and oxygen atoms in total. The lowest BCUT2D eigenvalue weighted by atomic mass is 9.88. The molecule has 0 saturated carbocycles. The molecule has 118 valence electrons. The number of benzene rings is 1. The highest BCUT2D eigenvalue weighted by Gasteiger charge is 2.38. The second-order valence-electron chi connectivity index (χ2n) is 4.76. The number of halogens is 4. The first kappa shape index (κ1) is 17.4. The first-order chi connectivity index (χ1) is 9.68. The van der Waals surface area contributed by atoms with E-state index in [2.05, 4.69) is 0 Å². The summed E-state index contributed by atoms with van der Waals surface area (Å²) in [5.74, 6) is -3.84. The summed E-state index contributed by atoms with van der Waals surface area (Å²) in [5.41, 5.74) is -1.97. The second-order valence-corrected chi connectivity index (χ2v) is 4.76. The van der Waals surface area contributed by atoms with Gasteiger partial charge in [-0.15, -0.1) is 0 Å². The number of carboxylic acid groups (broad SMARTS) is 1. The number of unbranched alkanes of at least 4 members (excludes halogenated alkanes) is 1. The number of alkyl halides is 3. The van der Waals surface area contributed by atoms with Gasteiger partial charge in [-0.25, -0.2) is 4.39 Å². The highest BCUT2D eigenvalue weighted by molar-refractivity contribution is 5.71. The molecule has 0 amide bonds. The van der Waals surface area contributed by atoms with Crippen molar-refractivity contribution in [3.63, 3.8) is 0 Å². The summed E-state index contributed by atoms with van der Waals surface area (Å²) in [7, 11) is 0. The van der Waals surface area contributed by atoms with Crippen LogP contribution in [0.1, 0.15) is 43.4 Å². The Balaban J connectivity index is 3.21. The van der Waals surface area contributed by atoms with Gasteiger partial charge in [0.15, 0.2) is 0 Å². The summed E-state index contributed by atoms with van der Waals surface area (Å²) in [5, 5.41) is 19.1. The normalized spacial score (nSPS) is 14.8. The Morgan fingerprint density at radius 1 is 1.33 bits per heavy atom. The standard InChI is InChI=1S/C14H16F4O3/c1-2-3-4-10(13(20)21)12(19)9-6-5-8(15)7-11(9)14(16,17)18/h5-7,10,12,19H,2-4H2,1H3,(H,20,21). The predicted molar refractivity (Wildman–Crippen MR) is 67.0 cm³/mol. The van der Waals surface area contributed by atoms with Gasteiger partial charge in [0.05, 0.1) is 17.6 Å². The van der Waals surface area contributed by atoms with Gasteiger partial charge in [-0.05, 0) is 24.1 Å². The highest BCUT2D eigenvalue weighted by atomic mass is 19.4. The molecular formula is C14H16F4O3. The first-order valence-corrected chi connectivity index (χ1v) is 6.46. The van der Waals surface area contributed by atoms with Crippen molar-refractivity contribution in [1.29, 1.82) is 0 Å². The molecule has 7 heteroatoms. The third kappa shape index (κ3) is 4.42. The number of aliphatic hydroxyl groups excluding tert-OH is 1. The van der Waals surface area contributed by atoms with Crippen LogP contribution in [0.3, 0.4) is 0 Å². The van der Waals surface area contributed by atoms with E-state index < -0.39 is 41.1 Å². The van der Waals surface area contributed by atoms with Crippen molar-refractivity contribution in [3.05, 3.63) is 35.1 Å². The zero-order chi connectivity index (χ0) is 16.2. The van der Waals surface area contributed by atoms with E-state index in [9.17, 15) is 27.5 Å². The Labute approximate surface area is 119 Å². The molecule has 0 aliphatic rings. The van der Waals surface area contributed by atoms with Crippen LogP contribution in [0.25, 0.3) is 0 Å². The fourth-order valence-electron chi connectivity index (χ4n) is 2.09. The number of carboxylic acids is 1. The summed E-state index contributed by atoms with van der Waals surface area (Å²) in [6.45, 7) is 1.80. The van der Waals surface area contributed by atoms with Crippen LogP contribution in [-0.2, 0) is 11.0 Å². The van der Waals surface area contributed by atoms with Crippen molar-refractivity contribution in [2.75, 3.05) is 0 Å². The molecule has 0 bridgehead atoms. The molecule has 0 fully saturated rings. The molecule has 0 aliphatic carbocycles. The van der Waals surface area contributed by atoms with Crippen molar-refractivity contribution in [2.24, 2.45) is 5.92 Å².